The van der Waals surface area contributed by atoms with Crippen LogP contribution in [-0.4, -0.2) is 25.0 Å². The van der Waals surface area contributed by atoms with Gasteiger partial charge in [0.2, 0.25) is 10.0 Å². The molecule has 166 valence electrons. The van der Waals surface area contributed by atoms with E-state index >= 15 is 0 Å². The van der Waals surface area contributed by atoms with E-state index in [0.29, 0.717) is 15.8 Å². The van der Waals surface area contributed by atoms with Gasteiger partial charge >= 0.3 is 5.97 Å². The minimum absolute atomic E-state index is 0.0475. The molecule has 2 N–H and O–H groups in total. The smallest absolute Gasteiger partial charge is 0.325 e. The molecule has 9 heteroatoms. The first kappa shape index (κ1) is 22.6. The van der Waals surface area contributed by atoms with Gasteiger partial charge in [0, 0.05) is 21.5 Å². The van der Waals surface area contributed by atoms with Crippen LogP contribution in [-0.2, 0) is 21.4 Å². The van der Waals surface area contributed by atoms with Crippen LogP contribution < -0.4 is 9.46 Å². The lowest BCUT2D eigenvalue weighted by Crippen LogP contribution is -2.44. The molecule has 3 aromatic carbocycles. The normalized spacial score (nSPS) is 20.0. The molecule has 1 saturated carbocycles. The number of ether oxygens (including phenoxy) is 1. The van der Waals surface area contributed by atoms with Crippen LogP contribution in [0.25, 0.3) is 0 Å². The molecule has 1 unspecified atom stereocenters. The summed E-state index contributed by atoms with van der Waals surface area (Å²) in [4.78, 5) is 11.9. The molecule has 0 bridgehead atoms. The summed E-state index contributed by atoms with van der Waals surface area (Å²) in [7, 11) is -4.06. The Morgan fingerprint density at radius 2 is 1.75 bits per heavy atom. The van der Waals surface area contributed by atoms with Gasteiger partial charge in [-0.2, -0.15) is 4.72 Å². The number of hydrogen-bond acceptors (Lipinski definition) is 4. The third kappa shape index (κ3) is 4.61. The first-order chi connectivity index (χ1) is 15.2. The van der Waals surface area contributed by atoms with Crippen molar-refractivity contribution in [1.82, 2.24) is 4.72 Å². The van der Waals surface area contributed by atoms with Crippen LogP contribution in [0.15, 0.2) is 77.7 Å². The highest BCUT2D eigenvalue weighted by Gasteiger charge is 2.63. The predicted octanol–water partition coefficient (Wildman–Crippen LogP) is 4.86. The van der Waals surface area contributed by atoms with Gasteiger partial charge < -0.3 is 9.84 Å². The summed E-state index contributed by atoms with van der Waals surface area (Å²) in [6.07, 6.45) is 0.189. The molecule has 1 fully saturated rings. The second-order valence-corrected chi connectivity index (χ2v) is 10.1. The van der Waals surface area contributed by atoms with Crippen molar-refractivity contribution in [3.8, 4) is 5.75 Å². The van der Waals surface area contributed by atoms with E-state index in [2.05, 4.69) is 4.72 Å². The molecule has 0 heterocycles. The van der Waals surface area contributed by atoms with E-state index in [1.54, 1.807) is 42.5 Å². The first-order valence-electron chi connectivity index (χ1n) is 9.70. The first-order valence-corrected chi connectivity index (χ1v) is 11.9. The number of aliphatic carboxylic acids is 1. The Morgan fingerprint density at radius 3 is 2.38 bits per heavy atom. The van der Waals surface area contributed by atoms with Gasteiger partial charge in [-0.1, -0.05) is 59.6 Å². The van der Waals surface area contributed by atoms with Crippen molar-refractivity contribution < 1.29 is 23.1 Å². The molecule has 0 radical (unpaired) electrons. The number of carbonyl (C=O) groups is 1. The molecule has 1 aliphatic rings. The van der Waals surface area contributed by atoms with Gasteiger partial charge in [-0.15, -0.1) is 0 Å². The Bertz CT molecular complexity index is 1250. The third-order valence-corrected chi connectivity index (χ3v) is 7.52. The fraction of sp³-hybridized carbons (Fsp3) is 0.174. The van der Waals surface area contributed by atoms with E-state index in [9.17, 15) is 18.3 Å². The number of benzene rings is 3. The molecule has 6 nitrogen and oxygen atoms in total. The maximum absolute atomic E-state index is 12.9. The number of halogens is 2. The highest BCUT2D eigenvalue weighted by atomic mass is 35.5. The monoisotopic (exact) mass is 491 g/mol. The third-order valence-electron chi connectivity index (χ3n) is 5.40. The molecule has 32 heavy (non-hydrogen) atoms. The topological polar surface area (TPSA) is 92.7 Å². The molecule has 4 rings (SSSR count). The average Bonchev–Trinajstić information content (AvgIpc) is 3.49. The number of carboxylic acids is 1. The summed E-state index contributed by atoms with van der Waals surface area (Å²) in [5.74, 6) is -1.19. The van der Waals surface area contributed by atoms with Crippen LogP contribution in [0.5, 0.6) is 5.75 Å². The maximum atomic E-state index is 12.9. The maximum Gasteiger partial charge on any atom is 0.325 e. The summed E-state index contributed by atoms with van der Waals surface area (Å²) in [6.45, 7) is 0.182. The fourth-order valence-corrected chi connectivity index (χ4v) is 5.42. The standard InChI is InChI=1S/C23H19Cl2NO5S/c24-17-7-6-16(21(25)12-17)14-31-18-8-10-19(11-9-18)32(29,30)26-23(22(27)28)13-20(23)15-4-2-1-3-5-15/h1-12,20,26H,13-14H2,(H,27,28)/t20-,23?/m0/s1. The molecular formula is C23H19Cl2NO5S. The summed E-state index contributed by atoms with van der Waals surface area (Å²) in [6, 6.07) is 19.8. The quantitative estimate of drug-likeness (QED) is 0.469. The minimum atomic E-state index is -4.06. The minimum Gasteiger partial charge on any atom is -0.489 e. The van der Waals surface area contributed by atoms with Gasteiger partial charge in [0.15, 0.2) is 0 Å². The second-order valence-electron chi connectivity index (χ2n) is 7.55. The van der Waals surface area contributed by atoms with Crippen molar-refractivity contribution in [1.29, 1.82) is 0 Å². The second kappa shape index (κ2) is 8.75. The van der Waals surface area contributed by atoms with Gasteiger partial charge in [-0.25, -0.2) is 8.42 Å². The summed E-state index contributed by atoms with van der Waals surface area (Å²) < 4.78 is 33.9. The zero-order valence-electron chi connectivity index (χ0n) is 16.7. The van der Waals surface area contributed by atoms with Crippen LogP contribution in [0.2, 0.25) is 10.0 Å². The lowest BCUT2D eigenvalue weighted by atomic mass is 10.1. The zero-order valence-corrected chi connectivity index (χ0v) is 19.0. The Hall–Kier alpha value is -2.58. The average molecular weight is 492 g/mol. The molecular weight excluding hydrogens is 473 g/mol. The van der Waals surface area contributed by atoms with Crippen molar-refractivity contribution in [2.75, 3.05) is 0 Å². The Balaban J connectivity index is 1.46. The van der Waals surface area contributed by atoms with Crippen molar-refractivity contribution in [3.05, 3.63) is 94.0 Å². The lowest BCUT2D eigenvalue weighted by molar-refractivity contribution is -0.140. The molecule has 0 saturated heterocycles. The van der Waals surface area contributed by atoms with Gasteiger partial charge in [-0.05, 0) is 48.4 Å². The van der Waals surface area contributed by atoms with Crippen LogP contribution in [0, 0.1) is 0 Å². The van der Waals surface area contributed by atoms with Crippen LogP contribution in [0.3, 0.4) is 0 Å². The lowest BCUT2D eigenvalue weighted by Gasteiger charge is -2.16. The van der Waals surface area contributed by atoms with Crippen LogP contribution >= 0.6 is 23.2 Å². The van der Waals surface area contributed by atoms with Crippen LogP contribution in [0.1, 0.15) is 23.5 Å². The summed E-state index contributed by atoms with van der Waals surface area (Å²) >= 11 is 12.0. The van der Waals surface area contributed by atoms with E-state index in [-0.39, 0.29) is 17.9 Å². The number of sulfonamides is 1. The van der Waals surface area contributed by atoms with E-state index in [0.717, 1.165) is 11.1 Å². The van der Waals surface area contributed by atoms with E-state index in [4.69, 9.17) is 27.9 Å². The number of rotatable bonds is 8. The van der Waals surface area contributed by atoms with E-state index in [1.807, 2.05) is 6.07 Å². The van der Waals surface area contributed by atoms with Crippen molar-refractivity contribution in [3.63, 3.8) is 0 Å². The molecule has 0 spiro atoms. The molecule has 0 aliphatic heterocycles. The van der Waals surface area contributed by atoms with Gasteiger partial charge in [-0.3, -0.25) is 4.79 Å². The Kier molecular flexibility index (Phi) is 6.18. The van der Waals surface area contributed by atoms with Crippen molar-refractivity contribution in [2.45, 2.75) is 29.4 Å². The van der Waals surface area contributed by atoms with Gasteiger partial charge in [0.1, 0.15) is 17.9 Å². The highest BCUT2D eigenvalue weighted by molar-refractivity contribution is 7.89. The molecule has 0 aromatic heterocycles. The Labute approximate surface area is 195 Å². The van der Waals surface area contributed by atoms with Crippen LogP contribution in [0.4, 0.5) is 0 Å². The number of nitrogens with one attached hydrogen (secondary N) is 1. The Morgan fingerprint density at radius 1 is 1.06 bits per heavy atom. The molecule has 3 aromatic rings. The van der Waals surface area contributed by atoms with E-state index < -0.39 is 27.4 Å². The van der Waals surface area contributed by atoms with Gasteiger partial charge in [0.05, 0.1) is 4.90 Å². The van der Waals surface area contributed by atoms with Crippen molar-refractivity contribution >= 4 is 39.2 Å². The summed E-state index contributed by atoms with van der Waals surface area (Å²) in [5.41, 5.74) is -0.0403. The highest BCUT2D eigenvalue weighted by Crippen LogP contribution is 2.52. The number of hydrogen-bond donors (Lipinski definition) is 2. The largest absolute Gasteiger partial charge is 0.489 e. The zero-order chi connectivity index (χ0) is 22.9. The molecule has 1 aliphatic carbocycles. The van der Waals surface area contributed by atoms with Crippen molar-refractivity contribution in [2.24, 2.45) is 0 Å². The molecule has 0 amide bonds. The fourth-order valence-electron chi connectivity index (χ4n) is 3.56. The SMILES string of the molecule is O=C(O)C1(NS(=O)(=O)c2ccc(OCc3ccc(Cl)cc3Cl)cc2)C[C@H]1c1ccccc1. The predicted molar refractivity (Wildman–Crippen MR) is 122 cm³/mol. The summed E-state index contributed by atoms with van der Waals surface area (Å²) in [5, 5.41) is 10.7. The van der Waals surface area contributed by atoms with E-state index in [1.165, 1.54) is 24.3 Å². The number of carboxylic acid groups (broad SMARTS) is 1. The molecule has 2 atom stereocenters. The van der Waals surface area contributed by atoms with Gasteiger partial charge in [0.25, 0.3) is 0 Å².